The molecular weight excluding hydrogens is 440 g/mol. The van der Waals surface area contributed by atoms with Crippen molar-refractivity contribution in [3.63, 3.8) is 0 Å². The molecule has 2 fully saturated rings. The van der Waals surface area contributed by atoms with E-state index < -0.39 is 5.54 Å². The summed E-state index contributed by atoms with van der Waals surface area (Å²) in [6.45, 7) is 1.23. The molecule has 3 heterocycles. The maximum absolute atomic E-state index is 13.2. The zero-order valence-corrected chi connectivity index (χ0v) is 19.2. The van der Waals surface area contributed by atoms with Crippen molar-refractivity contribution in [1.82, 2.24) is 20.3 Å². The molecule has 8 nitrogen and oxygen atoms in total. The van der Waals surface area contributed by atoms with Crippen molar-refractivity contribution >= 4 is 34.4 Å². The number of amides is 1. The third-order valence-corrected chi connectivity index (χ3v) is 7.15. The molecule has 1 aliphatic carbocycles. The fourth-order valence-corrected chi connectivity index (χ4v) is 4.84. The van der Waals surface area contributed by atoms with E-state index in [1.807, 2.05) is 12.1 Å². The van der Waals surface area contributed by atoms with Crippen LogP contribution in [0.15, 0.2) is 36.8 Å². The molecule has 1 amide bonds. The number of fused-ring (bicyclic) bond motifs is 1. The lowest BCUT2D eigenvalue weighted by Crippen LogP contribution is -2.60. The summed E-state index contributed by atoms with van der Waals surface area (Å²) in [6, 6.07) is 6.97. The molecule has 5 N–H and O–H groups in total. The normalized spacial score (nSPS) is 18.9. The molecule has 1 unspecified atom stereocenters. The van der Waals surface area contributed by atoms with Gasteiger partial charge in [-0.3, -0.25) is 4.79 Å². The molecule has 1 aromatic carbocycles. The molecule has 3 aromatic rings. The number of hydrogen-bond acceptors (Lipinski definition) is 6. The van der Waals surface area contributed by atoms with Crippen LogP contribution in [0.25, 0.3) is 11.0 Å². The first kappa shape index (κ1) is 22.1. The molecule has 9 heteroatoms. The van der Waals surface area contributed by atoms with Gasteiger partial charge in [0.2, 0.25) is 5.91 Å². The number of carbonyl (C=O) groups excluding carboxylic acids is 1. The standard InChI is InChI=1S/C24H29ClN6O2/c25-17-5-3-16(4-6-17)19(7-12-32)30-23(33)24(26)8-10-31(11-9-24)22-20-18(15-1-2-15)13-27-21(20)28-14-29-22/h3-6,13-15,19,32H,1-2,7-12,26H2,(H,30,33)(H,27,28,29). The Morgan fingerprint density at radius 2 is 2.00 bits per heavy atom. The topological polar surface area (TPSA) is 120 Å². The lowest BCUT2D eigenvalue weighted by Gasteiger charge is -2.39. The van der Waals surface area contributed by atoms with Crippen molar-refractivity contribution in [3.8, 4) is 0 Å². The summed E-state index contributed by atoms with van der Waals surface area (Å²) in [5.74, 6) is 1.32. The van der Waals surface area contributed by atoms with Crippen molar-refractivity contribution < 1.29 is 9.90 Å². The smallest absolute Gasteiger partial charge is 0.240 e. The van der Waals surface area contributed by atoms with E-state index in [-0.39, 0.29) is 18.6 Å². The number of anilines is 1. The van der Waals surface area contributed by atoms with E-state index >= 15 is 0 Å². The van der Waals surface area contributed by atoms with Crippen molar-refractivity contribution in [2.24, 2.45) is 5.73 Å². The van der Waals surface area contributed by atoms with Gasteiger partial charge in [0.25, 0.3) is 0 Å². The Labute approximate surface area is 197 Å². The van der Waals surface area contributed by atoms with Gasteiger partial charge in [0.15, 0.2) is 0 Å². The molecule has 0 bridgehead atoms. The van der Waals surface area contributed by atoms with Crippen LogP contribution in [0, 0.1) is 0 Å². The third kappa shape index (κ3) is 4.43. The number of rotatable bonds is 7. The van der Waals surface area contributed by atoms with Gasteiger partial charge in [-0.25, -0.2) is 9.97 Å². The summed E-state index contributed by atoms with van der Waals surface area (Å²) in [5, 5.41) is 14.3. The van der Waals surface area contributed by atoms with Crippen molar-refractivity contribution in [3.05, 3.63) is 52.9 Å². The van der Waals surface area contributed by atoms with E-state index in [0.29, 0.717) is 43.3 Å². The van der Waals surface area contributed by atoms with Crippen LogP contribution in [-0.2, 0) is 4.79 Å². The minimum Gasteiger partial charge on any atom is -0.396 e. The number of H-pyrrole nitrogens is 1. The molecule has 1 saturated heterocycles. The Balaban J connectivity index is 1.29. The van der Waals surface area contributed by atoms with E-state index in [9.17, 15) is 9.90 Å². The number of aliphatic hydroxyl groups is 1. The highest BCUT2D eigenvalue weighted by atomic mass is 35.5. The number of nitrogens with two attached hydrogens (primary N) is 1. The number of carbonyl (C=O) groups is 1. The van der Waals surface area contributed by atoms with Crippen LogP contribution in [0.4, 0.5) is 5.82 Å². The minimum absolute atomic E-state index is 0.0391. The summed E-state index contributed by atoms with van der Waals surface area (Å²) < 4.78 is 0. The summed E-state index contributed by atoms with van der Waals surface area (Å²) >= 11 is 5.99. The van der Waals surface area contributed by atoms with Crippen LogP contribution >= 0.6 is 11.6 Å². The molecule has 1 atom stereocenters. The molecule has 1 aliphatic heterocycles. The number of piperidine rings is 1. The highest BCUT2D eigenvalue weighted by Crippen LogP contribution is 2.45. The van der Waals surface area contributed by atoms with Crippen LogP contribution < -0.4 is 16.0 Å². The van der Waals surface area contributed by atoms with Gasteiger partial charge in [-0.05, 0) is 61.3 Å². The quantitative estimate of drug-likeness (QED) is 0.423. The van der Waals surface area contributed by atoms with Crippen LogP contribution in [0.2, 0.25) is 5.02 Å². The highest BCUT2D eigenvalue weighted by Gasteiger charge is 2.39. The molecule has 1 saturated carbocycles. The summed E-state index contributed by atoms with van der Waals surface area (Å²) in [7, 11) is 0. The van der Waals surface area contributed by atoms with E-state index in [4.69, 9.17) is 17.3 Å². The molecule has 5 rings (SSSR count). The molecule has 2 aliphatic rings. The largest absolute Gasteiger partial charge is 0.396 e. The number of halogens is 1. The van der Waals surface area contributed by atoms with Crippen LogP contribution in [0.3, 0.4) is 0 Å². The number of aromatic nitrogens is 3. The second kappa shape index (κ2) is 8.93. The van der Waals surface area contributed by atoms with Crippen molar-refractivity contribution in [2.45, 2.75) is 49.6 Å². The Bertz CT molecular complexity index is 1140. The molecule has 174 valence electrons. The van der Waals surface area contributed by atoms with E-state index in [0.717, 1.165) is 22.4 Å². The summed E-state index contributed by atoms with van der Waals surface area (Å²) in [5.41, 5.74) is 8.68. The molecule has 33 heavy (non-hydrogen) atoms. The average Bonchev–Trinajstić information content (AvgIpc) is 3.58. The number of nitrogens with zero attached hydrogens (tertiary/aromatic N) is 3. The van der Waals surface area contributed by atoms with E-state index in [2.05, 4.69) is 31.4 Å². The zero-order valence-electron chi connectivity index (χ0n) is 18.4. The molecule has 2 aromatic heterocycles. The van der Waals surface area contributed by atoms with Gasteiger partial charge >= 0.3 is 0 Å². The summed E-state index contributed by atoms with van der Waals surface area (Å²) in [4.78, 5) is 27.7. The monoisotopic (exact) mass is 468 g/mol. The lowest BCUT2D eigenvalue weighted by molar-refractivity contribution is -0.128. The predicted octanol–water partition coefficient (Wildman–Crippen LogP) is 3.03. The Morgan fingerprint density at radius 3 is 2.67 bits per heavy atom. The van der Waals surface area contributed by atoms with E-state index in [1.165, 1.54) is 18.4 Å². The highest BCUT2D eigenvalue weighted by molar-refractivity contribution is 6.30. The predicted molar refractivity (Wildman–Crippen MR) is 128 cm³/mol. The first-order chi connectivity index (χ1) is 16.0. The van der Waals surface area contributed by atoms with Gasteiger partial charge in [-0.15, -0.1) is 0 Å². The fraction of sp³-hybridized carbons (Fsp3) is 0.458. The van der Waals surface area contributed by atoms with Gasteiger partial charge in [0, 0.05) is 30.9 Å². The molecule has 0 radical (unpaired) electrons. The zero-order chi connectivity index (χ0) is 23.0. The molecule has 0 spiro atoms. The van der Waals surface area contributed by atoms with Crippen LogP contribution in [0.5, 0.6) is 0 Å². The Morgan fingerprint density at radius 1 is 1.27 bits per heavy atom. The maximum atomic E-state index is 13.2. The minimum atomic E-state index is -0.972. The molecular formula is C24H29ClN6O2. The number of hydrogen-bond donors (Lipinski definition) is 4. The van der Waals surface area contributed by atoms with Crippen LogP contribution in [0.1, 0.15) is 55.2 Å². The number of benzene rings is 1. The summed E-state index contributed by atoms with van der Waals surface area (Å²) in [6.07, 6.45) is 7.49. The van der Waals surface area contributed by atoms with Gasteiger partial charge in [0.05, 0.1) is 17.0 Å². The van der Waals surface area contributed by atoms with E-state index in [1.54, 1.807) is 18.5 Å². The fourth-order valence-electron chi connectivity index (χ4n) is 4.72. The number of aromatic amines is 1. The maximum Gasteiger partial charge on any atom is 0.240 e. The Hall–Kier alpha value is -2.68. The second-order valence-corrected chi connectivity index (χ2v) is 9.61. The SMILES string of the molecule is NC1(C(=O)NC(CCO)c2ccc(Cl)cc2)CCN(c2ncnc3[nH]cc(C4CC4)c23)CC1. The van der Waals surface area contributed by atoms with Crippen molar-refractivity contribution in [2.75, 3.05) is 24.6 Å². The second-order valence-electron chi connectivity index (χ2n) is 9.17. The number of nitrogens with one attached hydrogen (secondary N) is 2. The van der Waals surface area contributed by atoms with Gasteiger partial charge in [0.1, 0.15) is 17.8 Å². The van der Waals surface area contributed by atoms with Gasteiger partial charge in [-0.1, -0.05) is 23.7 Å². The van der Waals surface area contributed by atoms with Crippen LogP contribution in [-0.4, -0.2) is 51.2 Å². The van der Waals surface area contributed by atoms with Gasteiger partial charge < -0.3 is 26.0 Å². The van der Waals surface area contributed by atoms with Crippen molar-refractivity contribution in [1.29, 1.82) is 0 Å². The average molecular weight is 469 g/mol. The number of aliphatic hydroxyl groups excluding tert-OH is 1. The van der Waals surface area contributed by atoms with Gasteiger partial charge in [-0.2, -0.15) is 0 Å². The third-order valence-electron chi connectivity index (χ3n) is 6.90. The lowest BCUT2D eigenvalue weighted by atomic mass is 9.86. The first-order valence-electron chi connectivity index (χ1n) is 11.5. The Kier molecular flexibility index (Phi) is 5.99. The first-order valence-corrected chi connectivity index (χ1v) is 11.9.